The Kier molecular flexibility index (Phi) is 5.13. The van der Waals surface area contributed by atoms with Crippen molar-refractivity contribution in [3.63, 3.8) is 0 Å². The van der Waals surface area contributed by atoms with E-state index in [-0.39, 0.29) is 6.61 Å². The van der Waals surface area contributed by atoms with Gasteiger partial charge in [-0.1, -0.05) is 5.21 Å². The molecule has 80 valence electrons. The molecule has 0 aliphatic rings. The quantitative estimate of drug-likeness (QED) is 0.472. The Balaban J connectivity index is 1.95. The van der Waals surface area contributed by atoms with E-state index in [2.05, 4.69) is 15.6 Å². The zero-order valence-electron chi connectivity index (χ0n) is 8.00. The summed E-state index contributed by atoms with van der Waals surface area (Å²) in [5, 5.41) is 28.1. The zero-order chi connectivity index (χ0) is 10.2. The van der Waals surface area contributed by atoms with Crippen LogP contribution in [0.15, 0.2) is 12.4 Å². The van der Waals surface area contributed by atoms with Crippen LogP contribution in [-0.4, -0.2) is 51.0 Å². The van der Waals surface area contributed by atoms with Gasteiger partial charge in [0.05, 0.1) is 18.9 Å². The smallest absolute Gasteiger partial charge is 0.0894 e. The van der Waals surface area contributed by atoms with Crippen LogP contribution in [0.5, 0.6) is 0 Å². The Bertz CT molecular complexity index is 227. The van der Waals surface area contributed by atoms with E-state index in [1.165, 1.54) is 0 Å². The Morgan fingerprint density at radius 1 is 1.50 bits per heavy atom. The molecule has 14 heavy (non-hydrogen) atoms. The Hall–Kier alpha value is -0.980. The molecule has 6 heteroatoms. The van der Waals surface area contributed by atoms with Crippen LogP contribution in [0.4, 0.5) is 0 Å². The molecule has 0 saturated heterocycles. The summed E-state index contributed by atoms with van der Waals surface area (Å²) >= 11 is 0. The molecule has 0 radical (unpaired) electrons. The van der Waals surface area contributed by atoms with Crippen molar-refractivity contribution in [3.05, 3.63) is 12.4 Å². The molecule has 0 aromatic carbocycles. The number of hydrogen-bond donors (Lipinski definition) is 3. The Labute approximate surface area is 82.6 Å². The van der Waals surface area contributed by atoms with Gasteiger partial charge in [0, 0.05) is 19.3 Å². The van der Waals surface area contributed by atoms with E-state index >= 15 is 0 Å². The minimum absolute atomic E-state index is 0.198. The van der Waals surface area contributed by atoms with Crippen molar-refractivity contribution in [1.29, 1.82) is 0 Å². The fraction of sp³-hybridized carbons (Fsp3) is 0.750. The minimum Gasteiger partial charge on any atom is -0.394 e. The molecule has 1 heterocycles. The maximum absolute atomic E-state index is 9.00. The molecular formula is C8H16N4O2. The van der Waals surface area contributed by atoms with Gasteiger partial charge in [0.1, 0.15) is 0 Å². The minimum atomic E-state index is -0.665. The summed E-state index contributed by atoms with van der Waals surface area (Å²) in [6.07, 6.45) is 3.70. The second-order valence-corrected chi connectivity index (χ2v) is 3.06. The Morgan fingerprint density at radius 3 is 3.00 bits per heavy atom. The van der Waals surface area contributed by atoms with Crippen molar-refractivity contribution in [3.8, 4) is 0 Å². The maximum Gasteiger partial charge on any atom is 0.0894 e. The number of aryl methyl sites for hydroxylation is 1. The van der Waals surface area contributed by atoms with Crippen LogP contribution in [0.3, 0.4) is 0 Å². The lowest BCUT2D eigenvalue weighted by Crippen LogP contribution is -2.30. The summed E-state index contributed by atoms with van der Waals surface area (Å²) in [5.74, 6) is 0. The van der Waals surface area contributed by atoms with Crippen LogP contribution in [0.1, 0.15) is 6.42 Å². The molecule has 3 N–H and O–H groups in total. The van der Waals surface area contributed by atoms with E-state index in [9.17, 15) is 0 Å². The molecule has 1 unspecified atom stereocenters. The van der Waals surface area contributed by atoms with Crippen LogP contribution in [0.2, 0.25) is 0 Å². The predicted octanol–water partition coefficient (Wildman–Crippen LogP) is -1.39. The van der Waals surface area contributed by atoms with Gasteiger partial charge in [-0.05, 0) is 13.0 Å². The van der Waals surface area contributed by atoms with Crippen LogP contribution < -0.4 is 5.32 Å². The fourth-order valence-electron chi connectivity index (χ4n) is 1.05. The average Bonchev–Trinajstić information content (AvgIpc) is 2.69. The highest BCUT2D eigenvalue weighted by Gasteiger charge is 1.99. The highest BCUT2D eigenvalue weighted by molar-refractivity contribution is 4.64. The van der Waals surface area contributed by atoms with Crippen LogP contribution in [0, 0.1) is 0 Å². The van der Waals surface area contributed by atoms with Gasteiger partial charge in [0.25, 0.3) is 0 Å². The average molecular weight is 200 g/mol. The van der Waals surface area contributed by atoms with Gasteiger partial charge in [-0.3, -0.25) is 4.68 Å². The molecule has 0 saturated carbocycles. The van der Waals surface area contributed by atoms with Gasteiger partial charge >= 0.3 is 0 Å². The van der Waals surface area contributed by atoms with Gasteiger partial charge in [-0.15, -0.1) is 5.10 Å². The first-order chi connectivity index (χ1) is 6.83. The van der Waals surface area contributed by atoms with Crippen molar-refractivity contribution in [2.45, 2.75) is 19.1 Å². The third-order valence-corrected chi connectivity index (χ3v) is 1.80. The molecule has 1 aromatic rings. The maximum atomic E-state index is 9.00. The third kappa shape index (κ3) is 4.31. The summed E-state index contributed by atoms with van der Waals surface area (Å²) in [6.45, 7) is 1.82. The van der Waals surface area contributed by atoms with E-state index in [0.717, 1.165) is 19.5 Å². The molecule has 0 spiro atoms. The molecule has 1 aromatic heterocycles. The second kappa shape index (κ2) is 6.47. The van der Waals surface area contributed by atoms with Crippen molar-refractivity contribution in [1.82, 2.24) is 20.3 Å². The predicted molar refractivity (Wildman–Crippen MR) is 50.6 cm³/mol. The Morgan fingerprint density at radius 2 is 2.36 bits per heavy atom. The highest BCUT2D eigenvalue weighted by Crippen LogP contribution is 1.86. The zero-order valence-corrected chi connectivity index (χ0v) is 8.00. The molecule has 0 fully saturated rings. The number of nitrogens with one attached hydrogen (secondary N) is 1. The second-order valence-electron chi connectivity index (χ2n) is 3.06. The van der Waals surface area contributed by atoms with Crippen molar-refractivity contribution in [2.75, 3.05) is 19.7 Å². The van der Waals surface area contributed by atoms with E-state index in [0.29, 0.717) is 6.54 Å². The topological polar surface area (TPSA) is 83.2 Å². The van der Waals surface area contributed by atoms with Crippen LogP contribution in [0.25, 0.3) is 0 Å². The van der Waals surface area contributed by atoms with E-state index < -0.39 is 6.10 Å². The monoisotopic (exact) mass is 200 g/mol. The number of hydrogen-bond acceptors (Lipinski definition) is 5. The lowest BCUT2D eigenvalue weighted by atomic mass is 10.3. The molecule has 0 aliphatic heterocycles. The SMILES string of the molecule is OCC(O)CNCCCn1ccnn1. The number of nitrogens with zero attached hydrogens (tertiary/aromatic N) is 3. The standard InChI is InChI=1S/C8H16N4O2/c13-7-8(14)6-9-2-1-4-12-5-3-10-11-12/h3,5,8-9,13-14H,1-2,4,6-7H2. The molecule has 0 amide bonds. The largest absolute Gasteiger partial charge is 0.394 e. The third-order valence-electron chi connectivity index (χ3n) is 1.80. The van der Waals surface area contributed by atoms with Gasteiger partial charge < -0.3 is 15.5 Å². The normalized spacial score (nSPS) is 13.0. The van der Waals surface area contributed by atoms with Crippen molar-refractivity contribution < 1.29 is 10.2 Å². The van der Waals surface area contributed by atoms with Gasteiger partial charge in [0.2, 0.25) is 0 Å². The lowest BCUT2D eigenvalue weighted by molar-refractivity contribution is 0.0945. The van der Waals surface area contributed by atoms with Crippen molar-refractivity contribution >= 4 is 0 Å². The van der Waals surface area contributed by atoms with E-state index in [1.807, 2.05) is 6.20 Å². The van der Waals surface area contributed by atoms with Gasteiger partial charge in [0.15, 0.2) is 0 Å². The van der Waals surface area contributed by atoms with Gasteiger partial charge in [-0.25, -0.2) is 0 Å². The summed E-state index contributed by atoms with van der Waals surface area (Å²) in [5.41, 5.74) is 0. The number of rotatable bonds is 7. The molecule has 6 nitrogen and oxygen atoms in total. The first kappa shape index (κ1) is 11.1. The first-order valence-electron chi connectivity index (χ1n) is 4.66. The van der Waals surface area contributed by atoms with Crippen LogP contribution >= 0.6 is 0 Å². The van der Waals surface area contributed by atoms with Crippen molar-refractivity contribution in [2.24, 2.45) is 0 Å². The molecule has 0 aliphatic carbocycles. The van der Waals surface area contributed by atoms with Gasteiger partial charge in [-0.2, -0.15) is 0 Å². The summed E-state index contributed by atoms with van der Waals surface area (Å²) in [6, 6.07) is 0. The molecule has 1 atom stereocenters. The van der Waals surface area contributed by atoms with E-state index in [1.54, 1.807) is 10.9 Å². The molecule has 1 rings (SSSR count). The summed E-state index contributed by atoms with van der Waals surface area (Å²) in [4.78, 5) is 0. The number of aromatic nitrogens is 3. The number of aliphatic hydroxyl groups excluding tert-OH is 2. The lowest BCUT2D eigenvalue weighted by Gasteiger charge is -2.08. The molecular weight excluding hydrogens is 184 g/mol. The molecule has 0 bridgehead atoms. The highest BCUT2D eigenvalue weighted by atomic mass is 16.3. The number of aliphatic hydroxyl groups is 2. The fourth-order valence-corrected chi connectivity index (χ4v) is 1.05. The van der Waals surface area contributed by atoms with E-state index in [4.69, 9.17) is 10.2 Å². The first-order valence-corrected chi connectivity index (χ1v) is 4.66. The summed E-state index contributed by atoms with van der Waals surface area (Å²) in [7, 11) is 0. The summed E-state index contributed by atoms with van der Waals surface area (Å²) < 4.78 is 1.75. The van der Waals surface area contributed by atoms with Crippen LogP contribution in [-0.2, 0) is 6.54 Å².